The number of hydrogen-bond acceptors (Lipinski definition) is 2. The van der Waals surface area contributed by atoms with Crippen LogP contribution >= 0.6 is 0 Å². The Labute approximate surface area is 89.5 Å². The molecule has 0 bridgehead atoms. The van der Waals surface area contributed by atoms with Crippen molar-refractivity contribution in [3.63, 3.8) is 0 Å². The van der Waals surface area contributed by atoms with Crippen LogP contribution in [-0.4, -0.2) is 24.1 Å². The highest BCUT2D eigenvalue weighted by molar-refractivity contribution is 5.88. The summed E-state index contributed by atoms with van der Waals surface area (Å²) >= 11 is 0. The van der Waals surface area contributed by atoms with Crippen LogP contribution in [0.4, 0.5) is 13.2 Å². The smallest absolute Gasteiger partial charge is 0.338 e. The van der Waals surface area contributed by atoms with Gasteiger partial charge >= 0.3 is 5.97 Å². The summed E-state index contributed by atoms with van der Waals surface area (Å²) in [5.74, 6) is -2.28. The van der Waals surface area contributed by atoms with Crippen LogP contribution in [0.1, 0.15) is 15.9 Å². The molecule has 0 heterocycles. The van der Waals surface area contributed by atoms with Gasteiger partial charge in [-0.1, -0.05) is 6.07 Å². The van der Waals surface area contributed by atoms with Gasteiger partial charge in [0.15, 0.2) is 0 Å². The Morgan fingerprint density at radius 2 is 2.12 bits per heavy atom. The molecular weight excluding hydrogens is 225 g/mol. The molecule has 1 aromatic carbocycles. The monoisotopic (exact) mass is 234 g/mol. The molecule has 0 fully saturated rings. The van der Waals surface area contributed by atoms with E-state index in [2.05, 4.69) is 4.74 Å². The minimum atomic E-state index is -2.58. The maximum Gasteiger partial charge on any atom is 0.338 e. The lowest BCUT2D eigenvalue weighted by atomic mass is 10.1. The van der Waals surface area contributed by atoms with Gasteiger partial charge in [-0.15, -0.1) is 0 Å². The highest BCUT2D eigenvalue weighted by Crippen LogP contribution is 2.12. The van der Waals surface area contributed by atoms with E-state index >= 15 is 0 Å². The van der Waals surface area contributed by atoms with Gasteiger partial charge in [-0.3, -0.25) is 0 Å². The van der Waals surface area contributed by atoms with Gasteiger partial charge in [-0.25, -0.2) is 18.0 Å². The van der Waals surface area contributed by atoms with Crippen molar-refractivity contribution in [1.82, 2.24) is 0 Å². The van der Waals surface area contributed by atoms with Crippen LogP contribution < -0.4 is 0 Å². The maximum atomic E-state index is 12.9. The molecular formula is C10H9F3O3. The largest absolute Gasteiger partial charge is 0.478 e. The maximum absolute atomic E-state index is 12.9. The number of rotatable bonds is 5. The summed E-state index contributed by atoms with van der Waals surface area (Å²) < 4.78 is 41.0. The van der Waals surface area contributed by atoms with Gasteiger partial charge < -0.3 is 9.84 Å². The SMILES string of the molecule is O=C(O)c1cc(COCC(F)F)ccc1F. The molecule has 1 N–H and O–H groups in total. The zero-order chi connectivity index (χ0) is 12.1. The molecule has 0 radical (unpaired) electrons. The first-order valence-corrected chi connectivity index (χ1v) is 4.38. The second-order valence-electron chi connectivity index (χ2n) is 3.03. The van der Waals surface area contributed by atoms with Crippen molar-refractivity contribution >= 4 is 5.97 Å². The van der Waals surface area contributed by atoms with Crippen molar-refractivity contribution in [2.75, 3.05) is 6.61 Å². The Morgan fingerprint density at radius 3 is 2.69 bits per heavy atom. The van der Waals surface area contributed by atoms with Crippen molar-refractivity contribution in [3.8, 4) is 0 Å². The normalized spacial score (nSPS) is 10.8. The number of alkyl halides is 2. The molecule has 0 aliphatic heterocycles. The number of halogens is 3. The van der Waals surface area contributed by atoms with Gasteiger partial charge in [0.1, 0.15) is 12.4 Å². The average Bonchev–Trinajstić information content (AvgIpc) is 2.19. The molecule has 0 atom stereocenters. The number of carbonyl (C=O) groups is 1. The van der Waals surface area contributed by atoms with E-state index < -0.39 is 30.4 Å². The predicted octanol–water partition coefficient (Wildman–Crippen LogP) is 2.31. The molecule has 0 spiro atoms. The summed E-state index contributed by atoms with van der Waals surface area (Å²) in [5, 5.41) is 8.60. The summed E-state index contributed by atoms with van der Waals surface area (Å²) in [6, 6.07) is 3.31. The highest BCUT2D eigenvalue weighted by Gasteiger charge is 2.11. The Hall–Kier alpha value is -1.56. The highest BCUT2D eigenvalue weighted by atomic mass is 19.3. The average molecular weight is 234 g/mol. The molecule has 0 amide bonds. The van der Waals surface area contributed by atoms with Gasteiger partial charge in [0.05, 0.1) is 12.2 Å². The molecule has 88 valence electrons. The van der Waals surface area contributed by atoms with Gasteiger partial charge in [-0.05, 0) is 17.7 Å². The van der Waals surface area contributed by atoms with E-state index in [0.29, 0.717) is 5.56 Å². The van der Waals surface area contributed by atoms with Crippen LogP contribution in [0, 0.1) is 5.82 Å². The van der Waals surface area contributed by atoms with Crippen molar-refractivity contribution in [3.05, 3.63) is 35.1 Å². The summed E-state index contributed by atoms with van der Waals surface area (Å²) in [4.78, 5) is 10.6. The van der Waals surface area contributed by atoms with Gasteiger partial charge in [0.25, 0.3) is 6.43 Å². The molecule has 16 heavy (non-hydrogen) atoms. The van der Waals surface area contributed by atoms with Crippen LogP contribution in [0.25, 0.3) is 0 Å². The number of aromatic carboxylic acids is 1. The summed E-state index contributed by atoms with van der Waals surface area (Å²) in [6.45, 7) is -0.912. The summed E-state index contributed by atoms with van der Waals surface area (Å²) in [6.07, 6.45) is -2.58. The van der Waals surface area contributed by atoms with Gasteiger partial charge in [0, 0.05) is 0 Å². The number of carboxylic acids is 1. The summed E-state index contributed by atoms with van der Waals surface area (Å²) in [5.41, 5.74) is -0.169. The first-order chi connectivity index (χ1) is 7.50. The zero-order valence-electron chi connectivity index (χ0n) is 8.12. The van der Waals surface area contributed by atoms with Crippen LogP contribution in [-0.2, 0) is 11.3 Å². The molecule has 0 aliphatic rings. The van der Waals surface area contributed by atoms with Gasteiger partial charge in [-0.2, -0.15) is 0 Å². The van der Waals surface area contributed by atoms with E-state index in [9.17, 15) is 18.0 Å². The first kappa shape index (κ1) is 12.5. The Bertz CT molecular complexity index is 380. The van der Waals surface area contributed by atoms with Crippen molar-refractivity contribution in [1.29, 1.82) is 0 Å². The van der Waals surface area contributed by atoms with Crippen LogP contribution in [0.5, 0.6) is 0 Å². The molecule has 0 aliphatic carbocycles. The third-order valence-electron chi connectivity index (χ3n) is 1.77. The fourth-order valence-electron chi connectivity index (χ4n) is 1.09. The second kappa shape index (κ2) is 5.50. The molecule has 1 aromatic rings. The second-order valence-corrected chi connectivity index (χ2v) is 3.03. The van der Waals surface area contributed by atoms with Crippen molar-refractivity contribution in [2.45, 2.75) is 13.0 Å². The fourth-order valence-corrected chi connectivity index (χ4v) is 1.09. The lowest BCUT2D eigenvalue weighted by Gasteiger charge is -2.05. The van der Waals surface area contributed by atoms with Crippen LogP contribution in [0.15, 0.2) is 18.2 Å². The quantitative estimate of drug-likeness (QED) is 0.850. The van der Waals surface area contributed by atoms with E-state index in [1.165, 1.54) is 6.07 Å². The Balaban J connectivity index is 2.68. The number of carboxylic acid groups (broad SMARTS) is 1. The first-order valence-electron chi connectivity index (χ1n) is 4.38. The molecule has 0 saturated carbocycles. The molecule has 0 unspecified atom stereocenters. The molecule has 0 saturated heterocycles. The standard InChI is InChI=1S/C10H9F3O3/c11-8-2-1-6(3-7(8)10(14)15)4-16-5-9(12)13/h1-3,9H,4-5H2,(H,14,15). The van der Waals surface area contributed by atoms with Crippen LogP contribution in [0.3, 0.4) is 0 Å². The minimum Gasteiger partial charge on any atom is -0.478 e. The number of ether oxygens (including phenoxy) is 1. The third-order valence-corrected chi connectivity index (χ3v) is 1.77. The van der Waals surface area contributed by atoms with Crippen molar-refractivity contribution in [2.24, 2.45) is 0 Å². The van der Waals surface area contributed by atoms with Crippen LogP contribution in [0.2, 0.25) is 0 Å². The molecule has 0 aromatic heterocycles. The molecule has 1 rings (SSSR count). The minimum absolute atomic E-state index is 0.176. The van der Waals surface area contributed by atoms with E-state index in [1.54, 1.807) is 0 Å². The summed E-state index contributed by atoms with van der Waals surface area (Å²) in [7, 11) is 0. The topological polar surface area (TPSA) is 46.5 Å². The molecule has 6 heteroatoms. The predicted molar refractivity (Wildman–Crippen MR) is 49.0 cm³/mol. The van der Waals surface area contributed by atoms with Gasteiger partial charge in [0.2, 0.25) is 0 Å². The molecule has 3 nitrogen and oxygen atoms in total. The van der Waals surface area contributed by atoms with E-state index in [4.69, 9.17) is 5.11 Å². The van der Waals surface area contributed by atoms with E-state index in [0.717, 1.165) is 12.1 Å². The number of benzene rings is 1. The lowest BCUT2D eigenvalue weighted by Crippen LogP contribution is -2.06. The fraction of sp³-hybridized carbons (Fsp3) is 0.300. The lowest BCUT2D eigenvalue weighted by molar-refractivity contribution is 0.00981. The Morgan fingerprint density at radius 1 is 1.44 bits per heavy atom. The van der Waals surface area contributed by atoms with E-state index in [-0.39, 0.29) is 6.61 Å². The Kier molecular flexibility index (Phi) is 4.30. The van der Waals surface area contributed by atoms with Crippen molar-refractivity contribution < 1.29 is 27.8 Å². The number of hydrogen-bond donors (Lipinski definition) is 1. The zero-order valence-corrected chi connectivity index (χ0v) is 8.12. The van der Waals surface area contributed by atoms with E-state index in [1.807, 2.05) is 0 Å². The third kappa shape index (κ3) is 3.54.